The summed E-state index contributed by atoms with van der Waals surface area (Å²) in [5.41, 5.74) is 0.836. The van der Waals surface area contributed by atoms with Crippen molar-refractivity contribution in [2.24, 2.45) is 5.92 Å². The molecule has 128 valence electrons. The molecule has 0 aliphatic heterocycles. The van der Waals surface area contributed by atoms with E-state index in [0.29, 0.717) is 11.4 Å². The zero-order chi connectivity index (χ0) is 17.4. The lowest BCUT2D eigenvalue weighted by atomic mass is 10.1. The molecule has 6 heteroatoms. The first kappa shape index (κ1) is 19.5. The molecule has 0 aliphatic carbocycles. The summed E-state index contributed by atoms with van der Waals surface area (Å²) in [6.45, 7) is 3.68. The van der Waals surface area contributed by atoms with E-state index in [1.165, 1.54) is 7.11 Å². The van der Waals surface area contributed by atoms with Crippen LogP contribution in [0.25, 0.3) is 0 Å². The van der Waals surface area contributed by atoms with Gasteiger partial charge in [0, 0.05) is 11.6 Å². The van der Waals surface area contributed by atoms with Crippen LogP contribution in [0.4, 0.5) is 0 Å². The number of carbonyl (C=O) groups excluding carboxylic acids is 2. The van der Waals surface area contributed by atoms with Crippen molar-refractivity contribution in [2.75, 3.05) is 20.3 Å². The van der Waals surface area contributed by atoms with E-state index in [1.54, 1.807) is 36.1 Å². The van der Waals surface area contributed by atoms with Crippen molar-refractivity contribution in [3.8, 4) is 0 Å². The SMILES string of the molecule is CCC(CO)N(CC(C)C(=O)OC)C(=O)Cc1ccc(Cl)cc1. The maximum Gasteiger partial charge on any atom is 0.310 e. The normalized spacial score (nSPS) is 13.3. The Morgan fingerprint density at radius 1 is 1.30 bits per heavy atom. The van der Waals surface area contributed by atoms with Crippen LogP contribution in [0.15, 0.2) is 24.3 Å². The van der Waals surface area contributed by atoms with Gasteiger partial charge in [0.2, 0.25) is 5.91 Å². The van der Waals surface area contributed by atoms with Gasteiger partial charge in [0.1, 0.15) is 0 Å². The molecular formula is C17H24ClNO4. The molecule has 2 unspecified atom stereocenters. The fourth-order valence-corrected chi connectivity index (χ4v) is 2.48. The number of rotatable bonds is 8. The van der Waals surface area contributed by atoms with Gasteiger partial charge in [-0.15, -0.1) is 0 Å². The predicted molar refractivity (Wildman–Crippen MR) is 89.2 cm³/mol. The molecular weight excluding hydrogens is 318 g/mol. The number of nitrogens with zero attached hydrogens (tertiary/aromatic N) is 1. The maximum atomic E-state index is 12.6. The molecule has 0 saturated carbocycles. The number of carbonyl (C=O) groups is 2. The number of amides is 1. The van der Waals surface area contributed by atoms with Crippen LogP contribution < -0.4 is 0 Å². The maximum absolute atomic E-state index is 12.6. The standard InChI is InChI=1S/C17H24ClNO4/c1-4-15(11-20)19(10-12(2)17(22)23-3)16(21)9-13-5-7-14(18)8-6-13/h5-8,12,15,20H,4,9-11H2,1-3H3. The van der Waals surface area contributed by atoms with Crippen LogP contribution in [0.3, 0.4) is 0 Å². The van der Waals surface area contributed by atoms with Gasteiger partial charge in [0.15, 0.2) is 0 Å². The summed E-state index contributed by atoms with van der Waals surface area (Å²) in [5, 5.41) is 10.1. The van der Waals surface area contributed by atoms with Crippen molar-refractivity contribution >= 4 is 23.5 Å². The van der Waals surface area contributed by atoms with E-state index >= 15 is 0 Å². The third kappa shape index (κ3) is 5.84. The Bertz CT molecular complexity index is 514. The fourth-order valence-electron chi connectivity index (χ4n) is 2.35. The van der Waals surface area contributed by atoms with Gasteiger partial charge < -0.3 is 14.7 Å². The van der Waals surface area contributed by atoms with Gasteiger partial charge in [0.25, 0.3) is 0 Å². The van der Waals surface area contributed by atoms with Gasteiger partial charge in [-0.05, 0) is 24.1 Å². The first-order valence-corrected chi connectivity index (χ1v) is 8.03. The van der Waals surface area contributed by atoms with Crippen LogP contribution in [0, 0.1) is 5.92 Å². The summed E-state index contributed by atoms with van der Waals surface area (Å²) >= 11 is 5.85. The third-order valence-electron chi connectivity index (χ3n) is 3.79. The lowest BCUT2D eigenvalue weighted by Crippen LogP contribution is -2.46. The van der Waals surface area contributed by atoms with Gasteiger partial charge in [0.05, 0.1) is 32.1 Å². The van der Waals surface area contributed by atoms with Crippen LogP contribution in [0.1, 0.15) is 25.8 Å². The highest BCUT2D eigenvalue weighted by Gasteiger charge is 2.26. The number of benzene rings is 1. The minimum atomic E-state index is -0.449. The second kappa shape index (κ2) is 9.53. The van der Waals surface area contributed by atoms with Gasteiger partial charge >= 0.3 is 5.97 Å². The molecule has 5 nitrogen and oxygen atoms in total. The largest absolute Gasteiger partial charge is 0.469 e. The van der Waals surface area contributed by atoms with Crippen LogP contribution in [0.2, 0.25) is 5.02 Å². The van der Waals surface area contributed by atoms with Crippen LogP contribution in [-0.4, -0.2) is 48.2 Å². The minimum Gasteiger partial charge on any atom is -0.469 e. The Balaban J connectivity index is 2.87. The molecule has 0 heterocycles. The highest BCUT2D eigenvalue weighted by Crippen LogP contribution is 2.14. The van der Waals surface area contributed by atoms with Crippen LogP contribution in [-0.2, 0) is 20.7 Å². The highest BCUT2D eigenvalue weighted by molar-refractivity contribution is 6.30. The number of aliphatic hydroxyl groups is 1. The first-order chi connectivity index (χ1) is 10.9. The molecule has 0 fully saturated rings. The molecule has 0 aliphatic rings. The Morgan fingerprint density at radius 2 is 1.91 bits per heavy atom. The minimum absolute atomic E-state index is 0.135. The zero-order valence-electron chi connectivity index (χ0n) is 13.8. The molecule has 0 bridgehead atoms. The lowest BCUT2D eigenvalue weighted by Gasteiger charge is -2.31. The number of halogens is 1. The van der Waals surface area contributed by atoms with E-state index in [1.807, 2.05) is 6.92 Å². The summed E-state index contributed by atoms with van der Waals surface area (Å²) in [5.74, 6) is -0.958. The summed E-state index contributed by atoms with van der Waals surface area (Å²) in [6, 6.07) is 6.73. The van der Waals surface area contributed by atoms with E-state index in [4.69, 9.17) is 16.3 Å². The van der Waals surface area contributed by atoms with E-state index in [2.05, 4.69) is 0 Å². The Kier molecular flexibility index (Phi) is 8.06. The Hall–Kier alpha value is -1.59. The van der Waals surface area contributed by atoms with Crippen molar-refractivity contribution in [1.29, 1.82) is 0 Å². The fraction of sp³-hybridized carbons (Fsp3) is 0.529. The third-order valence-corrected chi connectivity index (χ3v) is 4.04. The van der Waals surface area contributed by atoms with Gasteiger partial charge in [-0.3, -0.25) is 9.59 Å². The van der Waals surface area contributed by atoms with Crippen molar-refractivity contribution in [3.05, 3.63) is 34.9 Å². The highest BCUT2D eigenvalue weighted by atomic mass is 35.5. The van der Waals surface area contributed by atoms with E-state index < -0.39 is 5.92 Å². The summed E-state index contributed by atoms with van der Waals surface area (Å²) in [6.07, 6.45) is 0.804. The Labute approximate surface area is 142 Å². The molecule has 0 radical (unpaired) electrons. The molecule has 0 spiro atoms. The number of hydrogen-bond acceptors (Lipinski definition) is 4. The van der Waals surface area contributed by atoms with Crippen molar-refractivity contribution < 1.29 is 19.4 Å². The van der Waals surface area contributed by atoms with Crippen molar-refractivity contribution in [3.63, 3.8) is 0 Å². The van der Waals surface area contributed by atoms with E-state index in [0.717, 1.165) is 5.56 Å². The van der Waals surface area contributed by atoms with E-state index in [9.17, 15) is 14.7 Å². The van der Waals surface area contributed by atoms with Crippen LogP contribution in [0.5, 0.6) is 0 Å². The molecule has 23 heavy (non-hydrogen) atoms. The monoisotopic (exact) mass is 341 g/mol. The van der Waals surface area contributed by atoms with Crippen molar-refractivity contribution in [1.82, 2.24) is 4.90 Å². The average Bonchev–Trinajstić information content (AvgIpc) is 2.56. The summed E-state index contributed by atoms with van der Waals surface area (Å²) in [4.78, 5) is 25.8. The van der Waals surface area contributed by atoms with Gasteiger partial charge in [-0.25, -0.2) is 0 Å². The zero-order valence-corrected chi connectivity index (χ0v) is 14.5. The van der Waals surface area contributed by atoms with Gasteiger partial charge in [-0.1, -0.05) is 37.6 Å². The molecule has 1 rings (SSSR count). The molecule has 1 aromatic carbocycles. The molecule has 1 amide bonds. The summed E-state index contributed by atoms with van der Waals surface area (Å²) < 4.78 is 4.72. The van der Waals surface area contributed by atoms with E-state index in [-0.39, 0.29) is 37.5 Å². The summed E-state index contributed by atoms with van der Waals surface area (Å²) in [7, 11) is 1.32. The molecule has 0 aromatic heterocycles. The van der Waals surface area contributed by atoms with Crippen LogP contribution >= 0.6 is 11.6 Å². The number of methoxy groups -OCH3 is 1. The number of ether oxygens (including phenoxy) is 1. The molecule has 1 aromatic rings. The van der Waals surface area contributed by atoms with Crippen molar-refractivity contribution in [2.45, 2.75) is 32.7 Å². The lowest BCUT2D eigenvalue weighted by molar-refractivity contribution is -0.147. The smallest absolute Gasteiger partial charge is 0.310 e. The molecule has 2 atom stereocenters. The van der Waals surface area contributed by atoms with Gasteiger partial charge in [-0.2, -0.15) is 0 Å². The molecule has 0 saturated heterocycles. The quantitative estimate of drug-likeness (QED) is 0.737. The Morgan fingerprint density at radius 3 is 2.39 bits per heavy atom. The predicted octanol–water partition coefficient (Wildman–Crippen LogP) is 2.29. The topological polar surface area (TPSA) is 66.8 Å². The number of hydrogen-bond donors (Lipinski definition) is 1. The number of aliphatic hydroxyl groups excluding tert-OH is 1. The number of esters is 1. The second-order valence-electron chi connectivity index (χ2n) is 5.52. The molecule has 1 N–H and O–H groups in total. The first-order valence-electron chi connectivity index (χ1n) is 7.65. The average molecular weight is 342 g/mol. The second-order valence-corrected chi connectivity index (χ2v) is 5.95.